The molecule has 0 aliphatic heterocycles. The smallest absolute Gasteiger partial charge is 0.164 e. The third-order valence-corrected chi connectivity index (χ3v) is 10.6. The number of hydrogen-bond donors (Lipinski definition) is 1. The van der Waals surface area contributed by atoms with Gasteiger partial charge in [-0.1, -0.05) is 129 Å². The summed E-state index contributed by atoms with van der Waals surface area (Å²) in [6.45, 7) is 23.1. The maximum absolute atomic E-state index is 11.8. The predicted octanol–water partition coefficient (Wildman–Crippen LogP) is 10.4. The minimum atomic E-state index is -1.50. The van der Waals surface area contributed by atoms with Gasteiger partial charge in [-0.2, -0.15) is 0 Å². The van der Waals surface area contributed by atoms with E-state index >= 15 is 0 Å². The van der Waals surface area contributed by atoms with Gasteiger partial charge in [0, 0.05) is 37.0 Å². The molecule has 3 nitrogen and oxygen atoms in total. The Morgan fingerprint density at radius 2 is 1.50 bits per heavy atom. The van der Waals surface area contributed by atoms with E-state index in [-0.39, 0.29) is 42.5 Å². The molecule has 1 heterocycles. The molecule has 0 aliphatic carbocycles. The summed E-state index contributed by atoms with van der Waals surface area (Å²) in [5.74, 6) is 0.195. The van der Waals surface area contributed by atoms with Gasteiger partial charge in [-0.05, 0) is 41.1 Å². The molecule has 0 amide bonds. The molecule has 0 spiro atoms. The number of aliphatic hydroxyl groups excluding tert-OH is 1. The van der Waals surface area contributed by atoms with Gasteiger partial charge in [0.05, 0.1) is 13.6 Å². The average Bonchev–Trinajstić information content (AvgIpc) is 2.95. The fourth-order valence-electron chi connectivity index (χ4n) is 4.70. The van der Waals surface area contributed by atoms with Crippen LogP contribution in [0.25, 0.3) is 33.3 Å². The number of aryl methyl sites for hydroxylation is 2. The van der Waals surface area contributed by atoms with Crippen molar-refractivity contribution in [2.75, 3.05) is 0 Å². The molecule has 44 heavy (non-hydrogen) atoms. The minimum absolute atomic E-state index is 0. The Morgan fingerprint density at radius 3 is 2.05 bits per heavy atom. The van der Waals surface area contributed by atoms with Crippen molar-refractivity contribution in [2.45, 2.75) is 87.9 Å². The van der Waals surface area contributed by atoms with Crippen molar-refractivity contribution in [2.24, 2.45) is 10.8 Å². The van der Waals surface area contributed by atoms with Crippen molar-refractivity contribution < 1.29 is 30.0 Å². The van der Waals surface area contributed by atoms with E-state index in [9.17, 15) is 9.90 Å². The fraction of sp³-hybridized carbons (Fsp3) is 0.385. The molecule has 0 saturated carbocycles. The van der Waals surface area contributed by atoms with Crippen LogP contribution in [0.1, 0.15) is 65.5 Å². The first kappa shape index (κ1) is 37.3. The van der Waals surface area contributed by atoms with Crippen LogP contribution in [0, 0.1) is 30.7 Å². The number of allylic oxidation sites excluding steroid dienone is 2. The van der Waals surface area contributed by atoms with E-state index < -0.39 is 8.07 Å². The van der Waals surface area contributed by atoms with Gasteiger partial charge < -0.3 is 5.11 Å². The zero-order valence-electron chi connectivity index (χ0n) is 28.5. The van der Waals surface area contributed by atoms with Crippen LogP contribution in [-0.4, -0.2) is 23.9 Å². The average molecular weight is 785 g/mol. The minimum Gasteiger partial charge on any atom is -0.512 e. The van der Waals surface area contributed by atoms with E-state index in [1.165, 1.54) is 33.3 Å². The quantitative estimate of drug-likeness (QED) is 0.0838. The number of nitrogens with zero attached hydrogens (tertiary/aromatic N) is 1. The molecule has 0 fully saturated rings. The molecule has 0 atom stereocenters. The van der Waals surface area contributed by atoms with Crippen LogP contribution < -0.4 is 5.19 Å². The Balaban J connectivity index is 0.000000363. The zero-order valence-corrected chi connectivity index (χ0v) is 31.9. The molecule has 1 N–H and O–H groups in total. The molecule has 5 heteroatoms. The molecule has 4 aromatic rings. The largest absolute Gasteiger partial charge is 0.512 e. The number of hydrogen-bond acceptors (Lipinski definition) is 3. The van der Waals surface area contributed by atoms with Crippen molar-refractivity contribution in [3.63, 3.8) is 0 Å². The van der Waals surface area contributed by atoms with Gasteiger partial charge in [-0.15, -0.1) is 34.9 Å². The maximum Gasteiger partial charge on any atom is 0.164 e. The van der Waals surface area contributed by atoms with Gasteiger partial charge in [0.15, 0.2) is 5.78 Å². The summed E-state index contributed by atoms with van der Waals surface area (Å²) in [6, 6.07) is 27.5. The third-order valence-electron chi connectivity index (χ3n) is 8.54. The standard InChI is InChI=1S/C26H26NSi.C13H24O2.Ir/c1-18-13-19(2)15-22(14-18)24-12-11-21-16-26(28(3,4)5)23(17-25(21)27-24)20-9-7-6-8-10-20;1-7-12(3,4)10(14)9-11(15)13(5,6)8-2;/h6-14,16-17H,1-5H3;9,14H,7-8H2,1-6H3;/q-1;;/b;10-9-;. The number of carbonyl (C=O) groups is 1. The summed E-state index contributed by atoms with van der Waals surface area (Å²) in [5.41, 5.74) is 7.40. The summed E-state index contributed by atoms with van der Waals surface area (Å²) < 4.78 is 0. The second kappa shape index (κ2) is 15.0. The molecule has 237 valence electrons. The molecule has 0 bridgehead atoms. The number of aromatic nitrogens is 1. The molecular formula is C39H50IrNO2Si-. The topological polar surface area (TPSA) is 50.2 Å². The van der Waals surface area contributed by atoms with E-state index in [1.807, 2.05) is 41.5 Å². The summed E-state index contributed by atoms with van der Waals surface area (Å²) >= 11 is 0. The van der Waals surface area contributed by atoms with Crippen molar-refractivity contribution in [1.82, 2.24) is 4.98 Å². The van der Waals surface area contributed by atoms with Crippen LogP contribution in [0.3, 0.4) is 0 Å². The number of benzene rings is 3. The van der Waals surface area contributed by atoms with Crippen LogP contribution in [0.5, 0.6) is 0 Å². The molecule has 1 radical (unpaired) electrons. The molecular weight excluding hydrogens is 735 g/mol. The first-order chi connectivity index (χ1) is 20.0. The van der Waals surface area contributed by atoms with Gasteiger partial charge in [0.2, 0.25) is 0 Å². The van der Waals surface area contributed by atoms with Gasteiger partial charge in [0.1, 0.15) is 5.76 Å². The third kappa shape index (κ3) is 9.33. The molecule has 4 rings (SSSR count). The summed E-state index contributed by atoms with van der Waals surface area (Å²) in [4.78, 5) is 16.9. The van der Waals surface area contributed by atoms with Crippen LogP contribution in [0.2, 0.25) is 19.6 Å². The predicted molar refractivity (Wildman–Crippen MR) is 188 cm³/mol. The number of pyridine rings is 1. The first-order valence-corrected chi connectivity index (χ1v) is 19.0. The Hall–Kier alpha value is -2.85. The fourth-order valence-corrected chi connectivity index (χ4v) is 6.31. The van der Waals surface area contributed by atoms with E-state index in [0.29, 0.717) is 0 Å². The second-order valence-corrected chi connectivity index (χ2v) is 19.1. The molecule has 0 aliphatic rings. The Labute approximate surface area is 280 Å². The van der Waals surface area contributed by atoms with Crippen molar-refractivity contribution in [1.29, 1.82) is 0 Å². The van der Waals surface area contributed by atoms with Crippen molar-refractivity contribution >= 4 is 29.9 Å². The van der Waals surface area contributed by atoms with E-state index in [4.69, 9.17) is 4.98 Å². The number of ketones is 1. The van der Waals surface area contributed by atoms with Gasteiger partial charge >= 0.3 is 0 Å². The van der Waals surface area contributed by atoms with Gasteiger partial charge in [-0.3, -0.25) is 9.78 Å². The second-order valence-electron chi connectivity index (χ2n) is 14.0. The Morgan fingerprint density at radius 1 is 0.886 bits per heavy atom. The van der Waals surface area contributed by atoms with Crippen LogP contribution in [0.4, 0.5) is 0 Å². The molecule has 3 aromatic carbocycles. The van der Waals surface area contributed by atoms with Crippen molar-refractivity contribution in [3.8, 4) is 22.4 Å². The van der Waals surface area contributed by atoms with E-state index in [2.05, 4.69) is 106 Å². The van der Waals surface area contributed by atoms with E-state index in [0.717, 1.165) is 35.2 Å². The number of fused-ring (bicyclic) bond motifs is 1. The van der Waals surface area contributed by atoms with Gasteiger partial charge in [0.25, 0.3) is 0 Å². The normalized spacial score (nSPS) is 12.3. The molecule has 0 saturated heterocycles. The Kier molecular flexibility index (Phi) is 12.7. The molecule has 1 aromatic heterocycles. The van der Waals surface area contributed by atoms with Crippen molar-refractivity contribution in [3.05, 3.63) is 95.8 Å². The summed E-state index contributed by atoms with van der Waals surface area (Å²) in [6.07, 6.45) is 2.99. The SMILES string of the molecule is CCC(C)(C)C(=O)/C=C(\O)C(C)(C)CC.Cc1[c-]c(-c2ccc3cc([Si](C)(C)C)c(-c4ccccc4)cc3n2)cc(C)c1.[Ir]. The maximum atomic E-state index is 11.8. The number of rotatable bonds is 8. The van der Waals surface area contributed by atoms with Gasteiger partial charge in [-0.25, -0.2) is 0 Å². The number of aliphatic hydroxyl groups is 1. The first-order valence-electron chi connectivity index (χ1n) is 15.5. The summed E-state index contributed by atoms with van der Waals surface area (Å²) in [5, 5.41) is 12.5. The van der Waals surface area contributed by atoms with Crippen LogP contribution in [-0.2, 0) is 24.9 Å². The monoisotopic (exact) mass is 785 g/mol. The Bertz CT molecular complexity index is 1590. The zero-order chi connectivity index (χ0) is 32.2. The number of carbonyl (C=O) groups excluding carboxylic acids is 1. The van der Waals surface area contributed by atoms with Crippen LogP contribution in [0.15, 0.2) is 78.6 Å². The summed E-state index contributed by atoms with van der Waals surface area (Å²) in [7, 11) is -1.50. The van der Waals surface area contributed by atoms with E-state index in [1.54, 1.807) is 0 Å². The van der Waals surface area contributed by atoms with Crippen LogP contribution >= 0.6 is 0 Å². The molecule has 0 unspecified atom stereocenters.